The van der Waals surface area contributed by atoms with Crippen LogP contribution >= 0.6 is 27.5 Å². The van der Waals surface area contributed by atoms with E-state index in [1.807, 2.05) is 48.5 Å². The van der Waals surface area contributed by atoms with E-state index in [-0.39, 0.29) is 6.04 Å². The van der Waals surface area contributed by atoms with Gasteiger partial charge in [-0.25, -0.2) is 0 Å². The van der Waals surface area contributed by atoms with Gasteiger partial charge >= 0.3 is 0 Å². The summed E-state index contributed by atoms with van der Waals surface area (Å²) in [5, 5.41) is 7.79. The molecule has 1 heterocycles. The van der Waals surface area contributed by atoms with Crippen LogP contribution in [0.25, 0.3) is 0 Å². The summed E-state index contributed by atoms with van der Waals surface area (Å²) in [7, 11) is 0. The average molecular weight is 412 g/mol. The number of anilines is 1. The zero-order valence-electron chi connectivity index (χ0n) is 13.4. The molecule has 0 fully saturated rings. The molecule has 3 aromatic carbocycles. The van der Waals surface area contributed by atoms with Gasteiger partial charge in [-0.15, -0.1) is 0 Å². The Morgan fingerprint density at radius 3 is 2.28 bits per heavy atom. The third kappa shape index (κ3) is 3.35. The first kappa shape index (κ1) is 16.4. The van der Waals surface area contributed by atoms with Crippen molar-refractivity contribution in [1.29, 1.82) is 0 Å². The van der Waals surface area contributed by atoms with Gasteiger partial charge < -0.3 is 0 Å². The van der Waals surface area contributed by atoms with Crippen LogP contribution in [-0.2, 0) is 0 Å². The lowest BCUT2D eigenvalue weighted by atomic mass is 9.98. The molecule has 3 aromatic rings. The zero-order valence-corrected chi connectivity index (χ0v) is 15.8. The third-order valence-electron chi connectivity index (χ3n) is 4.37. The summed E-state index contributed by atoms with van der Waals surface area (Å²) >= 11 is 9.98. The Labute approximate surface area is 160 Å². The van der Waals surface area contributed by atoms with Crippen molar-refractivity contribution in [2.45, 2.75) is 12.5 Å². The molecule has 1 atom stereocenters. The molecular weight excluding hydrogens is 396 g/mol. The standard InChI is InChI=1S/C21H16BrClN2/c22-16-12-10-15(11-13-16)20-14-21(18-8-4-5-9-19(18)23)25(24-20)17-6-2-1-3-7-17/h1-13,21H,14H2/t21-/m1/s1. The Balaban J connectivity index is 1.77. The second kappa shape index (κ2) is 7.03. The van der Waals surface area contributed by atoms with E-state index >= 15 is 0 Å². The van der Waals surface area contributed by atoms with E-state index in [4.69, 9.17) is 16.7 Å². The SMILES string of the molecule is Clc1ccccc1[C@H]1CC(c2ccc(Br)cc2)=NN1c1ccccc1. The largest absolute Gasteiger partial charge is 0.257 e. The summed E-state index contributed by atoms with van der Waals surface area (Å²) in [6.45, 7) is 0. The Bertz CT molecular complexity index is 907. The number of para-hydroxylation sites is 1. The minimum absolute atomic E-state index is 0.0924. The average Bonchev–Trinajstić information content (AvgIpc) is 3.08. The smallest absolute Gasteiger partial charge is 0.0846 e. The van der Waals surface area contributed by atoms with Crippen LogP contribution in [0.15, 0.2) is 88.4 Å². The first-order valence-corrected chi connectivity index (χ1v) is 9.31. The van der Waals surface area contributed by atoms with Gasteiger partial charge in [0.1, 0.15) is 0 Å². The fourth-order valence-corrected chi connectivity index (χ4v) is 3.66. The molecule has 124 valence electrons. The van der Waals surface area contributed by atoms with E-state index in [1.165, 1.54) is 0 Å². The zero-order chi connectivity index (χ0) is 17.2. The predicted molar refractivity (Wildman–Crippen MR) is 108 cm³/mol. The third-order valence-corrected chi connectivity index (χ3v) is 5.25. The molecule has 0 amide bonds. The first-order valence-electron chi connectivity index (χ1n) is 8.14. The Kier molecular flexibility index (Phi) is 4.60. The van der Waals surface area contributed by atoms with Crippen molar-refractivity contribution in [3.05, 3.63) is 99.5 Å². The maximum absolute atomic E-state index is 6.49. The number of halogens is 2. The van der Waals surface area contributed by atoms with Crippen molar-refractivity contribution in [3.8, 4) is 0 Å². The second-order valence-electron chi connectivity index (χ2n) is 5.98. The van der Waals surface area contributed by atoms with E-state index in [2.05, 4.69) is 51.3 Å². The number of hydrazone groups is 1. The molecule has 4 rings (SSSR count). The number of hydrogen-bond acceptors (Lipinski definition) is 2. The van der Waals surface area contributed by atoms with Gasteiger partial charge in [0.2, 0.25) is 0 Å². The highest BCUT2D eigenvalue weighted by molar-refractivity contribution is 9.10. The minimum Gasteiger partial charge on any atom is -0.257 e. The molecule has 0 N–H and O–H groups in total. The maximum Gasteiger partial charge on any atom is 0.0846 e. The lowest BCUT2D eigenvalue weighted by Gasteiger charge is -2.24. The molecule has 2 nitrogen and oxygen atoms in total. The van der Waals surface area contributed by atoms with Crippen LogP contribution in [-0.4, -0.2) is 5.71 Å². The summed E-state index contributed by atoms with van der Waals surface area (Å²) in [4.78, 5) is 0. The molecular formula is C21H16BrClN2. The fourth-order valence-electron chi connectivity index (χ4n) is 3.13. The summed E-state index contributed by atoms with van der Waals surface area (Å²) in [5.74, 6) is 0. The molecule has 0 bridgehead atoms. The van der Waals surface area contributed by atoms with Gasteiger partial charge in [-0.3, -0.25) is 5.01 Å². The lowest BCUT2D eigenvalue weighted by molar-refractivity contribution is 0.709. The van der Waals surface area contributed by atoms with Gasteiger partial charge in [0.25, 0.3) is 0 Å². The predicted octanol–water partition coefficient (Wildman–Crippen LogP) is 6.46. The van der Waals surface area contributed by atoms with E-state index in [1.54, 1.807) is 0 Å². The molecule has 1 aliphatic heterocycles. The van der Waals surface area contributed by atoms with Crippen LogP contribution in [0.4, 0.5) is 5.69 Å². The van der Waals surface area contributed by atoms with E-state index < -0.39 is 0 Å². The van der Waals surface area contributed by atoms with E-state index in [9.17, 15) is 0 Å². The first-order chi connectivity index (χ1) is 12.2. The molecule has 25 heavy (non-hydrogen) atoms. The Morgan fingerprint density at radius 1 is 0.880 bits per heavy atom. The van der Waals surface area contributed by atoms with E-state index in [0.717, 1.165) is 38.4 Å². The van der Waals surface area contributed by atoms with Gasteiger partial charge in [0, 0.05) is 15.9 Å². The normalized spacial score (nSPS) is 16.8. The Hall–Kier alpha value is -2.10. The molecule has 0 aromatic heterocycles. The Morgan fingerprint density at radius 2 is 1.56 bits per heavy atom. The number of benzene rings is 3. The fraction of sp³-hybridized carbons (Fsp3) is 0.0952. The van der Waals surface area contributed by atoms with Crippen LogP contribution in [0.2, 0.25) is 5.02 Å². The summed E-state index contributed by atoms with van der Waals surface area (Å²) in [6.07, 6.45) is 0.820. The number of rotatable bonds is 3. The van der Waals surface area contributed by atoms with Gasteiger partial charge in [0.05, 0.1) is 17.4 Å². The van der Waals surface area contributed by atoms with Gasteiger partial charge in [-0.1, -0.05) is 76.1 Å². The van der Waals surface area contributed by atoms with Crippen molar-refractivity contribution in [2.24, 2.45) is 5.10 Å². The maximum atomic E-state index is 6.49. The van der Waals surface area contributed by atoms with Crippen molar-refractivity contribution < 1.29 is 0 Å². The highest BCUT2D eigenvalue weighted by Crippen LogP contribution is 2.39. The van der Waals surface area contributed by atoms with Gasteiger partial charge in [0.15, 0.2) is 0 Å². The summed E-state index contributed by atoms with van der Waals surface area (Å²) in [5.41, 5.74) is 4.38. The molecule has 4 heteroatoms. The number of nitrogens with zero attached hydrogens (tertiary/aromatic N) is 2. The molecule has 0 saturated heterocycles. The van der Waals surface area contributed by atoms with Crippen LogP contribution in [0.5, 0.6) is 0 Å². The molecule has 0 unspecified atom stereocenters. The summed E-state index contributed by atoms with van der Waals surface area (Å²) in [6, 6.07) is 26.7. The minimum atomic E-state index is 0.0924. The topological polar surface area (TPSA) is 15.6 Å². The van der Waals surface area contributed by atoms with Gasteiger partial charge in [-0.2, -0.15) is 5.10 Å². The van der Waals surface area contributed by atoms with Crippen LogP contribution in [0, 0.1) is 0 Å². The van der Waals surface area contributed by atoms with Crippen molar-refractivity contribution in [1.82, 2.24) is 0 Å². The molecule has 1 aliphatic rings. The molecule has 0 radical (unpaired) electrons. The van der Waals surface area contributed by atoms with E-state index in [0.29, 0.717) is 0 Å². The lowest BCUT2D eigenvalue weighted by Crippen LogP contribution is -2.18. The van der Waals surface area contributed by atoms with Crippen molar-refractivity contribution >= 4 is 38.9 Å². The number of hydrogen-bond donors (Lipinski definition) is 0. The highest BCUT2D eigenvalue weighted by atomic mass is 79.9. The van der Waals surface area contributed by atoms with Crippen molar-refractivity contribution in [2.75, 3.05) is 5.01 Å². The van der Waals surface area contributed by atoms with Crippen LogP contribution in [0.1, 0.15) is 23.6 Å². The monoisotopic (exact) mass is 410 g/mol. The van der Waals surface area contributed by atoms with Gasteiger partial charge in [-0.05, 0) is 41.5 Å². The van der Waals surface area contributed by atoms with Crippen molar-refractivity contribution in [3.63, 3.8) is 0 Å². The molecule has 0 aliphatic carbocycles. The van der Waals surface area contributed by atoms with Crippen LogP contribution < -0.4 is 5.01 Å². The molecule has 0 spiro atoms. The quantitative estimate of drug-likeness (QED) is 0.483. The highest BCUT2D eigenvalue weighted by Gasteiger charge is 2.31. The summed E-state index contributed by atoms with van der Waals surface area (Å²) < 4.78 is 1.07. The molecule has 0 saturated carbocycles. The van der Waals surface area contributed by atoms with Crippen LogP contribution in [0.3, 0.4) is 0 Å². The second-order valence-corrected chi connectivity index (χ2v) is 7.30.